The number of hydrogen-bond acceptors (Lipinski definition) is 4. The number of hydrogen-bond donors (Lipinski definition) is 2. The van der Waals surface area contributed by atoms with Crippen LogP contribution in [0.3, 0.4) is 0 Å². The van der Waals surface area contributed by atoms with Crippen LogP contribution < -0.4 is 0 Å². The zero-order valence-corrected chi connectivity index (χ0v) is 13.7. The van der Waals surface area contributed by atoms with Crippen molar-refractivity contribution in [3.63, 3.8) is 0 Å². The van der Waals surface area contributed by atoms with Crippen molar-refractivity contribution in [1.82, 2.24) is 0 Å². The molecule has 0 bridgehead atoms. The van der Waals surface area contributed by atoms with Gasteiger partial charge < -0.3 is 14.9 Å². The van der Waals surface area contributed by atoms with Crippen molar-refractivity contribution in [3.05, 3.63) is 59.7 Å². The van der Waals surface area contributed by atoms with E-state index in [1.807, 2.05) is 6.07 Å². The van der Waals surface area contributed by atoms with E-state index in [9.17, 15) is 15.0 Å². The van der Waals surface area contributed by atoms with Gasteiger partial charge in [0.25, 0.3) is 0 Å². The van der Waals surface area contributed by atoms with Crippen LogP contribution in [0, 0.1) is 5.41 Å². The number of methoxy groups -OCH3 is 1. The number of carbonyl (C=O) groups is 1. The van der Waals surface area contributed by atoms with Gasteiger partial charge in [-0.05, 0) is 30.2 Å². The molecule has 3 atom stereocenters. The monoisotopic (exact) mass is 334 g/mol. The second-order valence-electron chi connectivity index (χ2n) is 5.57. The number of rotatable bonds is 4. The number of ether oxygens (including phenoxy) is 1. The van der Waals surface area contributed by atoms with Crippen LogP contribution in [-0.2, 0) is 9.53 Å². The standard InChI is InChI=1S/C18H19ClO4/c1-18(17(22)23-2)9-8-13(11-16(18)19)15(21)7-6-12-4-3-5-14(20)10-12/h3-11,15-16,20-21H,1-2H3/b7-6+. The van der Waals surface area contributed by atoms with Crippen molar-refractivity contribution in [2.75, 3.05) is 7.11 Å². The molecule has 0 spiro atoms. The van der Waals surface area contributed by atoms with Gasteiger partial charge in [0.1, 0.15) is 11.2 Å². The van der Waals surface area contributed by atoms with Gasteiger partial charge in [0.15, 0.2) is 0 Å². The van der Waals surface area contributed by atoms with Crippen molar-refractivity contribution in [3.8, 4) is 5.75 Å². The molecule has 4 nitrogen and oxygen atoms in total. The summed E-state index contributed by atoms with van der Waals surface area (Å²) >= 11 is 6.28. The van der Waals surface area contributed by atoms with Gasteiger partial charge in [0.2, 0.25) is 0 Å². The molecule has 5 heteroatoms. The predicted molar refractivity (Wildman–Crippen MR) is 90.1 cm³/mol. The molecule has 0 aliphatic heterocycles. The number of aliphatic hydroxyl groups is 1. The summed E-state index contributed by atoms with van der Waals surface area (Å²) in [6.45, 7) is 1.69. The Morgan fingerprint density at radius 2 is 2.22 bits per heavy atom. The Morgan fingerprint density at radius 3 is 2.83 bits per heavy atom. The fourth-order valence-corrected chi connectivity index (χ4v) is 2.61. The van der Waals surface area contributed by atoms with Gasteiger partial charge in [-0.2, -0.15) is 0 Å². The Labute approximate surface area is 140 Å². The molecular formula is C18H19ClO4. The number of esters is 1. The Morgan fingerprint density at radius 1 is 1.48 bits per heavy atom. The van der Waals surface area contributed by atoms with Gasteiger partial charge in [-0.1, -0.05) is 42.5 Å². The molecule has 3 unspecified atom stereocenters. The van der Waals surface area contributed by atoms with Gasteiger partial charge in [-0.15, -0.1) is 11.6 Å². The molecule has 0 aromatic heterocycles. The first-order chi connectivity index (χ1) is 10.9. The Hall–Kier alpha value is -2.04. The maximum absolute atomic E-state index is 11.8. The lowest BCUT2D eigenvalue weighted by Gasteiger charge is -2.30. The predicted octanol–water partition coefficient (Wildman–Crippen LogP) is 3.05. The summed E-state index contributed by atoms with van der Waals surface area (Å²) < 4.78 is 4.77. The molecule has 0 fully saturated rings. The minimum absolute atomic E-state index is 0.160. The highest BCUT2D eigenvalue weighted by Crippen LogP contribution is 2.35. The first kappa shape index (κ1) is 17.3. The molecule has 1 aliphatic rings. The van der Waals surface area contributed by atoms with Crippen LogP contribution in [0.1, 0.15) is 12.5 Å². The molecule has 23 heavy (non-hydrogen) atoms. The fourth-order valence-electron chi connectivity index (χ4n) is 2.30. The molecule has 0 saturated carbocycles. The summed E-state index contributed by atoms with van der Waals surface area (Å²) in [6.07, 6.45) is 7.41. The first-order valence-corrected chi connectivity index (χ1v) is 7.59. The van der Waals surface area contributed by atoms with Crippen LogP contribution in [0.4, 0.5) is 0 Å². The Bertz CT molecular complexity index is 677. The molecule has 2 rings (SSSR count). The van der Waals surface area contributed by atoms with Gasteiger partial charge in [-0.25, -0.2) is 0 Å². The second-order valence-corrected chi connectivity index (χ2v) is 6.05. The van der Waals surface area contributed by atoms with Crippen molar-refractivity contribution in [2.24, 2.45) is 5.41 Å². The number of phenols is 1. The van der Waals surface area contributed by atoms with Crippen molar-refractivity contribution in [2.45, 2.75) is 18.4 Å². The highest BCUT2D eigenvalue weighted by atomic mass is 35.5. The van der Waals surface area contributed by atoms with Crippen LogP contribution in [-0.4, -0.2) is 34.8 Å². The average Bonchev–Trinajstić information content (AvgIpc) is 2.54. The molecule has 1 aromatic carbocycles. The lowest BCUT2D eigenvalue weighted by atomic mass is 9.80. The minimum Gasteiger partial charge on any atom is -0.508 e. The zero-order valence-electron chi connectivity index (χ0n) is 12.9. The molecule has 0 heterocycles. The lowest BCUT2D eigenvalue weighted by Crippen LogP contribution is -2.37. The van der Waals surface area contributed by atoms with Gasteiger partial charge in [0.05, 0.1) is 18.6 Å². The van der Waals surface area contributed by atoms with E-state index in [-0.39, 0.29) is 5.75 Å². The summed E-state index contributed by atoms with van der Waals surface area (Å²) in [5, 5.41) is 19.0. The summed E-state index contributed by atoms with van der Waals surface area (Å²) in [5.74, 6) is -0.262. The fraction of sp³-hybridized carbons (Fsp3) is 0.278. The molecule has 0 amide bonds. The highest BCUT2D eigenvalue weighted by Gasteiger charge is 2.40. The summed E-state index contributed by atoms with van der Waals surface area (Å²) in [4.78, 5) is 11.8. The van der Waals surface area contributed by atoms with Crippen molar-refractivity contribution in [1.29, 1.82) is 0 Å². The quantitative estimate of drug-likeness (QED) is 0.656. The number of aliphatic hydroxyl groups excluding tert-OH is 1. The molecule has 0 saturated heterocycles. The van der Waals surface area contributed by atoms with Crippen molar-refractivity contribution >= 4 is 23.6 Å². The van der Waals surface area contributed by atoms with E-state index in [1.165, 1.54) is 7.11 Å². The number of aromatic hydroxyl groups is 1. The number of halogens is 1. The van der Waals surface area contributed by atoms with E-state index >= 15 is 0 Å². The van der Waals surface area contributed by atoms with Crippen LogP contribution in [0.25, 0.3) is 6.08 Å². The third-order valence-electron chi connectivity index (χ3n) is 3.84. The van der Waals surface area contributed by atoms with E-state index in [0.29, 0.717) is 5.57 Å². The van der Waals surface area contributed by atoms with Crippen LogP contribution in [0.15, 0.2) is 54.1 Å². The maximum Gasteiger partial charge on any atom is 0.317 e. The smallest absolute Gasteiger partial charge is 0.317 e. The molecule has 2 N–H and O–H groups in total. The number of benzene rings is 1. The third-order valence-corrected chi connectivity index (χ3v) is 4.42. The number of allylic oxidation sites excluding steroid dienone is 1. The normalized spacial score (nSPS) is 25.2. The molecule has 1 aromatic rings. The Balaban J connectivity index is 2.13. The van der Waals surface area contributed by atoms with Crippen LogP contribution in [0.5, 0.6) is 5.75 Å². The molecule has 0 radical (unpaired) electrons. The number of carbonyl (C=O) groups excluding carboxylic acids is 1. The largest absolute Gasteiger partial charge is 0.508 e. The first-order valence-electron chi connectivity index (χ1n) is 7.15. The van der Waals surface area contributed by atoms with Gasteiger partial charge >= 0.3 is 5.97 Å². The van der Waals surface area contributed by atoms with Crippen molar-refractivity contribution < 1.29 is 19.7 Å². The van der Waals surface area contributed by atoms with Gasteiger partial charge in [-0.3, -0.25) is 4.79 Å². The van der Waals surface area contributed by atoms with E-state index in [2.05, 4.69) is 0 Å². The van der Waals surface area contributed by atoms with E-state index in [0.717, 1.165) is 5.56 Å². The number of phenolic OH excluding ortho intramolecular Hbond substituents is 1. The van der Waals surface area contributed by atoms with Crippen LogP contribution in [0.2, 0.25) is 0 Å². The Kier molecular flexibility index (Phi) is 5.29. The molecule has 122 valence electrons. The highest BCUT2D eigenvalue weighted by molar-refractivity contribution is 6.24. The average molecular weight is 335 g/mol. The third kappa shape index (κ3) is 3.84. The van der Waals surface area contributed by atoms with E-state index in [4.69, 9.17) is 16.3 Å². The molecular weight excluding hydrogens is 316 g/mol. The zero-order chi connectivity index (χ0) is 17.0. The molecule has 1 aliphatic carbocycles. The second kappa shape index (κ2) is 7.02. The summed E-state index contributed by atoms with van der Waals surface area (Å²) in [6, 6.07) is 6.70. The number of alkyl halides is 1. The summed E-state index contributed by atoms with van der Waals surface area (Å²) in [5.41, 5.74) is 0.420. The topological polar surface area (TPSA) is 66.8 Å². The SMILES string of the molecule is COC(=O)C1(C)C=CC(C(O)/C=C/c2cccc(O)c2)=CC1Cl. The van der Waals surface area contributed by atoms with E-state index < -0.39 is 22.9 Å². The lowest BCUT2D eigenvalue weighted by molar-refractivity contribution is -0.148. The minimum atomic E-state index is -0.950. The maximum atomic E-state index is 11.8. The van der Waals surface area contributed by atoms with Crippen LogP contribution >= 0.6 is 11.6 Å². The van der Waals surface area contributed by atoms with E-state index in [1.54, 1.807) is 55.5 Å². The summed E-state index contributed by atoms with van der Waals surface area (Å²) in [7, 11) is 1.32. The van der Waals surface area contributed by atoms with Gasteiger partial charge in [0, 0.05) is 0 Å².